The Kier molecular flexibility index (Phi) is 14.1. The molecular weight excluding hydrogens is 651 g/mol. The molecule has 0 aromatic heterocycles. The van der Waals surface area contributed by atoms with E-state index in [1.54, 1.807) is 18.1 Å². The second kappa shape index (κ2) is 18.7. The summed E-state index contributed by atoms with van der Waals surface area (Å²) in [6.07, 6.45) is 0.0882. The van der Waals surface area contributed by atoms with Gasteiger partial charge < -0.3 is 36.3 Å². The molecule has 4 aromatic rings. The van der Waals surface area contributed by atoms with E-state index in [0.29, 0.717) is 43.8 Å². The fourth-order valence-corrected chi connectivity index (χ4v) is 6.14. The Bertz CT molecular complexity index is 1800. The third-order valence-electron chi connectivity index (χ3n) is 8.52. The van der Waals surface area contributed by atoms with Gasteiger partial charge in [0, 0.05) is 54.9 Å². The van der Waals surface area contributed by atoms with Crippen molar-refractivity contribution in [1.82, 2.24) is 10.2 Å². The minimum Gasteiger partial charge on any atom is -0.497 e. The normalized spacial score (nSPS) is 12.2. The van der Waals surface area contributed by atoms with Crippen LogP contribution in [0.3, 0.4) is 0 Å². The number of carbonyl (C=O) groups is 3. The zero-order valence-corrected chi connectivity index (χ0v) is 29.4. The van der Waals surface area contributed by atoms with Gasteiger partial charge in [0.1, 0.15) is 23.9 Å². The molecule has 0 radical (unpaired) electrons. The maximum Gasteiger partial charge on any atom is 0.254 e. The second-order valence-electron chi connectivity index (χ2n) is 12.4. The summed E-state index contributed by atoms with van der Waals surface area (Å²) in [6, 6.07) is 23.8. The van der Waals surface area contributed by atoms with Crippen LogP contribution in [0, 0.1) is 5.82 Å². The van der Waals surface area contributed by atoms with Gasteiger partial charge >= 0.3 is 0 Å². The number of aliphatic hydroxyl groups excluding tert-OH is 1. The number of amides is 3. The monoisotopic (exact) mass is 698 g/mol. The highest BCUT2D eigenvalue weighted by Crippen LogP contribution is 2.34. The zero-order valence-electron chi connectivity index (χ0n) is 29.4. The van der Waals surface area contributed by atoms with Gasteiger partial charge in [0.2, 0.25) is 11.8 Å². The standard InChI is InChI=1S/C40H47FN4O6/c1-4-14-45(15-5-2)40(49)35-21-29(38(42)47)20-34(39(43)48)37(35)33(36(46)24-44-23-27-12-9-13-31(17-27)50-3)19-28-16-30(41)22-32(18-28)51-25-26-10-7-6-8-11-26/h6-13,16-18,20-22,33,36,44,46H,4-5,14-15,19,23-25H2,1-3H3,(H2,42,47)(H2,43,48)/t33-,36+/m1/s1. The topological polar surface area (TPSA) is 157 Å². The molecule has 0 aliphatic carbocycles. The number of nitrogens with zero attached hydrogens (tertiary/aromatic N) is 1. The number of ether oxygens (including phenoxy) is 2. The number of primary amides is 2. The summed E-state index contributed by atoms with van der Waals surface area (Å²) in [5.41, 5.74) is 13.8. The molecule has 0 aliphatic heterocycles. The first-order valence-electron chi connectivity index (χ1n) is 17.1. The number of aliphatic hydroxyl groups is 1. The predicted octanol–water partition coefficient (Wildman–Crippen LogP) is 5.35. The molecule has 2 atom stereocenters. The number of hydrogen-bond acceptors (Lipinski definition) is 7. The summed E-state index contributed by atoms with van der Waals surface area (Å²) in [7, 11) is 1.58. The van der Waals surface area contributed by atoms with Crippen LogP contribution in [0.4, 0.5) is 4.39 Å². The van der Waals surface area contributed by atoms with Crippen LogP contribution in [0.1, 0.15) is 85.9 Å². The lowest BCUT2D eigenvalue weighted by Crippen LogP contribution is -2.38. The summed E-state index contributed by atoms with van der Waals surface area (Å²) in [5.74, 6) is -2.78. The van der Waals surface area contributed by atoms with E-state index in [2.05, 4.69) is 5.32 Å². The van der Waals surface area contributed by atoms with Crippen molar-refractivity contribution < 1.29 is 33.4 Å². The van der Waals surface area contributed by atoms with Crippen molar-refractivity contribution in [2.75, 3.05) is 26.7 Å². The van der Waals surface area contributed by atoms with Crippen molar-refractivity contribution in [2.45, 2.75) is 58.3 Å². The van der Waals surface area contributed by atoms with Crippen LogP contribution in [0.25, 0.3) is 0 Å². The smallest absolute Gasteiger partial charge is 0.254 e. The molecule has 0 unspecified atom stereocenters. The number of nitrogens with one attached hydrogen (secondary N) is 1. The van der Waals surface area contributed by atoms with E-state index in [9.17, 15) is 19.5 Å². The Morgan fingerprint density at radius 1 is 0.824 bits per heavy atom. The Morgan fingerprint density at radius 2 is 1.49 bits per heavy atom. The van der Waals surface area contributed by atoms with E-state index in [-0.39, 0.29) is 47.6 Å². The lowest BCUT2D eigenvalue weighted by molar-refractivity contribution is 0.0751. The van der Waals surface area contributed by atoms with E-state index in [4.69, 9.17) is 20.9 Å². The Hall–Kier alpha value is -5.26. The third-order valence-corrected chi connectivity index (χ3v) is 8.52. The highest BCUT2D eigenvalue weighted by atomic mass is 19.1. The Morgan fingerprint density at radius 3 is 2.14 bits per heavy atom. The van der Waals surface area contributed by atoms with E-state index in [1.165, 1.54) is 24.3 Å². The van der Waals surface area contributed by atoms with Gasteiger partial charge in [-0.05, 0) is 77.9 Å². The van der Waals surface area contributed by atoms with Gasteiger partial charge in [-0.1, -0.05) is 56.3 Å². The van der Waals surface area contributed by atoms with E-state index in [0.717, 1.165) is 11.1 Å². The number of hydrogen-bond donors (Lipinski definition) is 4. The highest BCUT2D eigenvalue weighted by Gasteiger charge is 2.33. The molecule has 0 spiro atoms. The molecule has 4 aromatic carbocycles. The number of methoxy groups -OCH3 is 1. The van der Waals surface area contributed by atoms with Gasteiger partial charge in [-0.3, -0.25) is 14.4 Å². The molecule has 0 heterocycles. The lowest BCUT2D eigenvalue weighted by atomic mass is 9.80. The van der Waals surface area contributed by atoms with E-state index >= 15 is 4.39 Å². The van der Waals surface area contributed by atoms with E-state index < -0.39 is 35.6 Å². The van der Waals surface area contributed by atoms with Gasteiger partial charge in [0.05, 0.1) is 13.2 Å². The predicted molar refractivity (Wildman–Crippen MR) is 194 cm³/mol. The molecule has 6 N–H and O–H groups in total. The quantitative estimate of drug-likeness (QED) is 0.103. The molecule has 10 nitrogen and oxygen atoms in total. The minimum absolute atomic E-state index is 0.0144. The summed E-state index contributed by atoms with van der Waals surface area (Å²) in [4.78, 5) is 41.5. The molecule has 51 heavy (non-hydrogen) atoms. The maximum atomic E-state index is 15.1. The van der Waals surface area contributed by atoms with Crippen molar-refractivity contribution in [1.29, 1.82) is 0 Å². The number of carbonyl (C=O) groups excluding carboxylic acids is 3. The number of halogens is 1. The van der Waals surface area contributed by atoms with Crippen molar-refractivity contribution in [3.05, 3.63) is 130 Å². The number of rotatable bonds is 19. The van der Waals surface area contributed by atoms with Crippen LogP contribution in [-0.4, -0.2) is 60.6 Å². The first-order chi connectivity index (χ1) is 24.5. The van der Waals surface area contributed by atoms with Crippen LogP contribution < -0.4 is 26.3 Å². The molecular formula is C40H47FN4O6. The minimum atomic E-state index is -1.22. The van der Waals surface area contributed by atoms with Crippen molar-refractivity contribution in [2.24, 2.45) is 11.5 Å². The summed E-state index contributed by atoms with van der Waals surface area (Å²) < 4.78 is 26.4. The Balaban J connectivity index is 1.81. The van der Waals surface area contributed by atoms with Crippen molar-refractivity contribution in [3.8, 4) is 11.5 Å². The molecule has 0 fully saturated rings. The van der Waals surface area contributed by atoms with Gasteiger partial charge in [0.25, 0.3) is 5.91 Å². The average molecular weight is 699 g/mol. The lowest BCUT2D eigenvalue weighted by Gasteiger charge is -2.30. The van der Waals surface area contributed by atoms with Gasteiger partial charge in [-0.25, -0.2) is 4.39 Å². The van der Waals surface area contributed by atoms with Crippen LogP contribution in [0.15, 0.2) is 84.9 Å². The molecule has 0 saturated heterocycles. The number of nitrogens with two attached hydrogens (primary N) is 2. The first-order valence-corrected chi connectivity index (χ1v) is 17.1. The third kappa shape index (κ3) is 10.6. The molecule has 0 bridgehead atoms. The van der Waals surface area contributed by atoms with Crippen molar-refractivity contribution in [3.63, 3.8) is 0 Å². The summed E-state index contributed by atoms with van der Waals surface area (Å²) in [6.45, 7) is 5.30. The summed E-state index contributed by atoms with van der Waals surface area (Å²) >= 11 is 0. The average Bonchev–Trinajstić information content (AvgIpc) is 3.12. The van der Waals surface area contributed by atoms with Crippen molar-refractivity contribution >= 4 is 17.7 Å². The second-order valence-corrected chi connectivity index (χ2v) is 12.4. The molecule has 4 rings (SSSR count). The zero-order chi connectivity index (χ0) is 36.9. The van der Waals surface area contributed by atoms with Gasteiger partial charge in [0.15, 0.2) is 0 Å². The summed E-state index contributed by atoms with van der Waals surface area (Å²) in [5, 5.41) is 15.2. The molecule has 3 amide bonds. The molecule has 11 heteroatoms. The largest absolute Gasteiger partial charge is 0.497 e. The Labute approximate surface area is 298 Å². The fraction of sp³-hybridized carbons (Fsp3) is 0.325. The van der Waals surface area contributed by atoms with Gasteiger partial charge in [-0.2, -0.15) is 0 Å². The van der Waals surface area contributed by atoms with Gasteiger partial charge in [-0.15, -0.1) is 0 Å². The van der Waals surface area contributed by atoms with Crippen LogP contribution >= 0.6 is 0 Å². The SMILES string of the molecule is CCCN(CCC)C(=O)c1cc(C(N)=O)cc(C(N)=O)c1[C@H](Cc1cc(F)cc(OCc2ccccc2)c1)[C@@H](O)CNCc1cccc(OC)c1. The van der Waals surface area contributed by atoms with Crippen LogP contribution in [0.2, 0.25) is 0 Å². The van der Waals surface area contributed by atoms with E-state index in [1.807, 2.05) is 68.4 Å². The molecule has 0 saturated carbocycles. The first kappa shape index (κ1) is 38.5. The highest BCUT2D eigenvalue weighted by molar-refractivity contribution is 6.06. The van der Waals surface area contributed by atoms with Crippen LogP contribution in [0.5, 0.6) is 11.5 Å². The molecule has 270 valence electrons. The molecule has 0 aliphatic rings. The van der Waals surface area contributed by atoms with Crippen LogP contribution in [-0.2, 0) is 19.6 Å². The maximum absolute atomic E-state index is 15.1. The fourth-order valence-electron chi connectivity index (χ4n) is 6.14. The number of benzene rings is 4.